The van der Waals surface area contributed by atoms with Crippen LogP contribution in [0.3, 0.4) is 0 Å². The second-order valence-corrected chi connectivity index (χ2v) is 7.58. The highest BCUT2D eigenvalue weighted by molar-refractivity contribution is 7.85. The van der Waals surface area contributed by atoms with E-state index in [1.165, 1.54) is 0 Å². The van der Waals surface area contributed by atoms with Gasteiger partial charge in [-0.25, -0.2) is 4.79 Å². The fraction of sp³-hybridized carbons (Fsp3) is 0.286. The number of hydrogen-bond donors (Lipinski definition) is 2. The molecule has 0 spiro atoms. The Morgan fingerprint density at radius 3 is 2.74 bits per heavy atom. The third-order valence-electron chi connectivity index (χ3n) is 3.62. The van der Waals surface area contributed by atoms with E-state index in [0.29, 0.717) is 51.6 Å². The minimum atomic E-state index is -1.29. The lowest BCUT2D eigenvalue weighted by Crippen LogP contribution is -2.26. The minimum absolute atomic E-state index is 0.357. The van der Waals surface area contributed by atoms with E-state index in [1.807, 2.05) is 4.90 Å². The van der Waals surface area contributed by atoms with Gasteiger partial charge in [-0.2, -0.15) is 0 Å². The summed E-state index contributed by atoms with van der Waals surface area (Å²) in [6, 6.07) is 4.86. The third kappa shape index (κ3) is 3.58. The van der Waals surface area contributed by atoms with Gasteiger partial charge in [0.1, 0.15) is 0 Å². The summed E-state index contributed by atoms with van der Waals surface area (Å²) in [7, 11) is -1.29. The molecule has 0 bridgehead atoms. The topological polar surface area (TPSA) is 86.0 Å². The first-order valence-corrected chi connectivity index (χ1v) is 8.91. The number of nitrogens with zero attached hydrogens (tertiary/aromatic N) is 1. The summed E-state index contributed by atoms with van der Waals surface area (Å²) >= 11 is 12.0. The van der Waals surface area contributed by atoms with Gasteiger partial charge in [0.2, 0.25) is 0 Å². The molecule has 0 saturated carbocycles. The van der Waals surface area contributed by atoms with Crippen molar-refractivity contribution in [1.29, 1.82) is 0 Å². The molecule has 2 N–H and O–H groups in total. The Balaban J connectivity index is 1.67. The maximum Gasteiger partial charge on any atom is 0.325 e. The van der Waals surface area contributed by atoms with Gasteiger partial charge in [-0.3, -0.25) is 18.9 Å². The molecule has 0 radical (unpaired) electrons. The van der Waals surface area contributed by atoms with Crippen LogP contribution < -0.4 is 11.2 Å². The van der Waals surface area contributed by atoms with E-state index < -0.39 is 16.5 Å². The first-order valence-electron chi connectivity index (χ1n) is 6.84. The Labute approximate surface area is 143 Å². The molecule has 1 aromatic carbocycles. The third-order valence-corrected chi connectivity index (χ3v) is 5.68. The molecule has 1 unspecified atom stereocenters. The van der Waals surface area contributed by atoms with Crippen molar-refractivity contribution in [3.63, 3.8) is 0 Å². The van der Waals surface area contributed by atoms with Crippen LogP contribution in [0.5, 0.6) is 0 Å². The molecule has 2 heterocycles. The van der Waals surface area contributed by atoms with Crippen LogP contribution in [-0.2, 0) is 23.9 Å². The molecular formula is C14H13Cl2N3O3S. The molecule has 122 valence electrons. The van der Waals surface area contributed by atoms with Crippen LogP contribution >= 0.6 is 23.2 Å². The standard InChI is InChI=1S/C14H13Cl2N3O3S/c15-8-1-2-10(16)12(5-8)23(22)4-3-19-6-9-11(7-19)17-14(21)18-13(9)20/h1-2,5H,3-4,6-7H2,(H2,17,18,20,21). The molecular weight excluding hydrogens is 361 g/mol. The maximum atomic E-state index is 12.4. The Kier molecular flexibility index (Phi) is 4.72. The molecule has 3 rings (SSSR count). The lowest BCUT2D eigenvalue weighted by molar-refractivity contribution is 0.300. The number of aromatic nitrogens is 2. The van der Waals surface area contributed by atoms with Gasteiger partial charge in [-0.15, -0.1) is 0 Å². The van der Waals surface area contributed by atoms with Gasteiger partial charge in [0.15, 0.2) is 0 Å². The van der Waals surface area contributed by atoms with Gasteiger partial charge < -0.3 is 4.98 Å². The van der Waals surface area contributed by atoms with E-state index in [9.17, 15) is 13.8 Å². The van der Waals surface area contributed by atoms with Gasteiger partial charge in [-0.05, 0) is 18.2 Å². The predicted octanol–water partition coefficient (Wildman–Crippen LogP) is 1.49. The van der Waals surface area contributed by atoms with Crippen molar-refractivity contribution in [2.24, 2.45) is 0 Å². The van der Waals surface area contributed by atoms with E-state index in [-0.39, 0.29) is 5.56 Å². The monoisotopic (exact) mass is 373 g/mol. The van der Waals surface area contributed by atoms with E-state index in [0.717, 1.165) is 0 Å². The van der Waals surface area contributed by atoms with Gasteiger partial charge >= 0.3 is 5.69 Å². The van der Waals surface area contributed by atoms with Gasteiger partial charge in [-0.1, -0.05) is 23.2 Å². The molecule has 6 nitrogen and oxygen atoms in total. The number of aromatic amines is 2. The summed E-state index contributed by atoms with van der Waals surface area (Å²) in [5.74, 6) is 0.357. The zero-order chi connectivity index (χ0) is 16.6. The Morgan fingerprint density at radius 2 is 1.96 bits per heavy atom. The highest BCUT2D eigenvalue weighted by atomic mass is 35.5. The normalized spacial score (nSPS) is 15.6. The number of fused-ring (bicyclic) bond motifs is 1. The highest BCUT2D eigenvalue weighted by Gasteiger charge is 2.23. The summed E-state index contributed by atoms with van der Waals surface area (Å²) in [6.45, 7) is 1.38. The van der Waals surface area contributed by atoms with Gasteiger partial charge in [0, 0.05) is 36.1 Å². The maximum absolute atomic E-state index is 12.4. The Hall–Kier alpha value is -1.41. The molecule has 1 atom stereocenters. The number of nitrogens with one attached hydrogen (secondary N) is 2. The molecule has 0 fully saturated rings. The number of halogens is 2. The van der Waals surface area contributed by atoms with Crippen molar-refractivity contribution in [3.05, 3.63) is 60.3 Å². The lowest BCUT2D eigenvalue weighted by Gasteiger charge is -2.14. The fourth-order valence-electron chi connectivity index (χ4n) is 2.50. The lowest BCUT2D eigenvalue weighted by atomic mass is 10.3. The van der Waals surface area contributed by atoms with Crippen LogP contribution in [-0.4, -0.2) is 31.4 Å². The van der Waals surface area contributed by atoms with Crippen LogP contribution in [0, 0.1) is 0 Å². The quantitative estimate of drug-likeness (QED) is 0.849. The smallest absolute Gasteiger partial charge is 0.310 e. The van der Waals surface area contributed by atoms with Crippen molar-refractivity contribution >= 4 is 34.0 Å². The molecule has 2 aromatic rings. The zero-order valence-electron chi connectivity index (χ0n) is 11.9. The number of hydrogen-bond acceptors (Lipinski definition) is 4. The zero-order valence-corrected chi connectivity index (χ0v) is 14.2. The summed E-state index contributed by atoms with van der Waals surface area (Å²) in [5.41, 5.74) is 0.289. The largest absolute Gasteiger partial charge is 0.325 e. The highest BCUT2D eigenvalue weighted by Crippen LogP contribution is 2.24. The van der Waals surface area contributed by atoms with Crippen molar-refractivity contribution in [2.45, 2.75) is 18.0 Å². The molecule has 1 aliphatic rings. The minimum Gasteiger partial charge on any atom is -0.310 e. The average molecular weight is 374 g/mol. The van der Waals surface area contributed by atoms with Crippen molar-refractivity contribution in [3.8, 4) is 0 Å². The molecule has 1 aliphatic heterocycles. The fourth-order valence-corrected chi connectivity index (χ4v) is 4.30. The second kappa shape index (κ2) is 6.60. The molecule has 1 aromatic heterocycles. The van der Waals surface area contributed by atoms with E-state index in [4.69, 9.17) is 23.2 Å². The second-order valence-electron chi connectivity index (χ2n) is 5.20. The first-order chi connectivity index (χ1) is 10.9. The van der Waals surface area contributed by atoms with E-state index in [1.54, 1.807) is 18.2 Å². The molecule has 0 saturated heterocycles. The van der Waals surface area contributed by atoms with Crippen LogP contribution in [0.2, 0.25) is 10.0 Å². The van der Waals surface area contributed by atoms with E-state index >= 15 is 0 Å². The Morgan fingerprint density at radius 1 is 1.17 bits per heavy atom. The van der Waals surface area contributed by atoms with Crippen molar-refractivity contribution in [1.82, 2.24) is 14.9 Å². The van der Waals surface area contributed by atoms with Crippen molar-refractivity contribution < 1.29 is 4.21 Å². The van der Waals surface area contributed by atoms with Crippen LogP contribution in [0.1, 0.15) is 11.3 Å². The predicted molar refractivity (Wildman–Crippen MR) is 89.5 cm³/mol. The summed E-state index contributed by atoms with van der Waals surface area (Å²) in [5, 5.41) is 0.897. The molecule has 0 aliphatic carbocycles. The van der Waals surface area contributed by atoms with Crippen LogP contribution in [0.15, 0.2) is 32.7 Å². The summed E-state index contributed by atoms with van der Waals surface area (Å²) in [4.78, 5) is 30.3. The van der Waals surface area contributed by atoms with Crippen LogP contribution in [0.25, 0.3) is 0 Å². The molecule has 0 amide bonds. The van der Waals surface area contributed by atoms with Gasteiger partial charge in [0.25, 0.3) is 5.56 Å². The average Bonchev–Trinajstić information content (AvgIpc) is 2.90. The Bertz CT molecular complexity index is 894. The van der Waals surface area contributed by atoms with Gasteiger partial charge in [0.05, 0.1) is 26.3 Å². The summed E-state index contributed by atoms with van der Waals surface area (Å²) in [6.07, 6.45) is 0. The first kappa shape index (κ1) is 16.4. The molecule has 23 heavy (non-hydrogen) atoms. The summed E-state index contributed by atoms with van der Waals surface area (Å²) < 4.78 is 12.4. The number of benzene rings is 1. The van der Waals surface area contributed by atoms with E-state index in [2.05, 4.69) is 9.97 Å². The SMILES string of the molecule is O=c1[nH]c2c(c(=O)[nH]1)CN(CCS(=O)c1cc(Cl)ccc1Cl)C2. The molecule has 9 heteroatoms. The number of rotatable bonds is 4. The van der Waals surface area contributed by atoms with Crippen LogP contribution in [0.4, 0.5) is 0 Å². The van der Waals surface area contributed by atoms with Crippen molar-refractivity contribution in [2.75, 3.05) is 12.3 Å². The number of H-pyrrole nitrogens is 2.